The molecule has 0 unspecified atom stereocenters. The average molecular weight is 362 g/mol. The summed E-state index contributed by atoms with van der Waals surface area (Å²) in [7, 11) is 1.51. The van der Waals surface area contributed by atoms with Crippen molar-refractivity contribution in [3.8, 4) is 5.75 Å². The van der Waals surface area contributed by atoms with Crippen LogP contribution in [0.3, 0.4) is 0 Å². The Kier molecular flexibility index (Phi) is 6.25. The number of carbonyl (C=O) groups excluding carboxylic acids is 2. The van der Waals surface area contributed by atoms with Crippen LogP contribution in [0.15, 0.2) is 36.4 Å². The number of rotatable bonds is 6. The van der Waals surface area contributed by atoms with Gasteiger partial charge in [-0.15, -0.1) is 0 Å². The van der Waals surface area contributed by atoms with E-state index in [2.05, 4.69) is 16.0 Å². The SMILES string of the molecule is COc1ccc(NC(C)=O)cc1NC(=O)CNc1ccc(C)c(Cl)c1. The molecule has 0 aliphatic carbocycles. The van der Waals surface area contributed by atoms with Gasteiger partial charge in [-0.2, -0.15) is 0 Å². The average Bonchev–Trinajstić information content (AvgIpc) is 2.56. The Morgan fingerprint density at radius 3 is 2.44 bits per heavy atom. The van der Waals surface area contributed by atoms with E-state index in [1.54, 1.807) is 24.3 Å². The molecular weight excluding hydrogens is 342 g/mol. The highest BCUT2D eigenvalue weighted by Gasteiger charge is 2.09. The second kappa shape index (κ2) is 8.39. The summed E-state index contributed by atoms with van der Waals surface area (Å²) in [5, 5.41) is 9.07. The molecular formula is C18H20ClN3O3. The lowest BCUT2D eigenvalue weighted by atomic mass is 10.2. The van der Waals surface area contributed by atoms with Crippen LogP contribution in [0.5, 0.6) is 5.75 Å². The van der Waals surface area contributed by atoms with Crippen molar-refractivity contribution in [3.05, 3.63) is 47.0 Å². The molecule has 2 rings (SSSR count). The van der Waals surface area contributed by atoms with Gasteiger partial charge in [0.1, 0.15) is 5.75 Å². The first-order valence-electron chi connectivity index (χ1n) is 7.64. The molecule has 0 radical (unpaired) electrons. The van der Waals surface area contributed by atoms with Gasteiger partial charge in [-0.25, -0.2) is 0 Å². The van der Waals surface area contributed by atoms with E-state index < -0.39 is 0 Å². The number of amides is 2. The summed E-state index contributed by atoms with van der Waals surface area (Å²) in [6.45, 7) is 3.39. The van der Waals surface area contributed by atoms with Crippen LogP contribution in [0, 0.1) is 6.92 Å². The molecule has 0 fully saturated rings. The molecule has 0 aromatic heterocycles. The molecule has 2 aromatic carbocycles. The topological polar surface area (TPSA) is 79.5 Å². The van der Waals surface area contributed by atoms with Crippen LogP contribution in [0.1, 0.15) is 12.5 Å². The fourth-order valence-electron chi connectivity index (χ4n) is 2.17. The first-order valence-corrected chi connectivity index (χ1v) is 8.02. The molecule has 132 valence electrons. The largest absolute Gasteiger partial charge is 0.495 e. The maximum Gasteiger partial charge on any atom is 0.243 e. The minimum atomic E-state index is -0.255. The number of benzene rings is 2. The summed E-state index contributed by atoms with van der Waals surface area (Å²) in [6, 6.07) is 10.5. The van der Waals surface area contributed by atoms with Gasteiger partial charge in [0.25, 0.3) is 0 Å². The van der Waals surface area contributed by atoms with E-state index in [0.29, 0.717) is 22.1 Å². The number of hydrogen-bond acceptors (Lipinski definition) is 4. The molecule has 7 heteroatoms. The molecule has 0 heterocycles. The Hall–Kier alpha value is -2.73. The van der Waals surface area contributed by atoms with Gasteiger partial charge < -0.3 is 20.7 Å². The second-order valence-electron chi connectivity index (χ2n) is 5.46. The van der Waals surface area contributed by atoms with Gasteiger partial charge in [-0.3, -0.25) is 9.59 Å². The van der Waals surface area contributed by atoms with E-state index in [1.165, 1.54) is 14.0 Å². The Balaban J connectivity index is 2.03. The summed E-state index contributed by atoms with van der Waals surface area (Å²) < 4.78 is 5.23. The van der Waals surface area contributed by atoms with E-state index in [4.69, 9.17) is 16.3 Å². The van der Waals surface area contributed by atoms with Gasteiger partial charge in [0.15, 0.2) is 0 Å². The third-order valence-corrected chi connectivity index (χ3v) is 3.83. The Bertz CT molecular complexity index is 793. The first-order chi connectivity index (χ1) is 11.9. The van der Waals surface area contributed by atoms with Gasteiger partial charge in [-0.05, 0) is 42.8 Å². The monoisotopic (exact) mass is 361 g/mol. The van der Waals surface area contributed by atoms with Crippen LogP contribution in [0.25, 0.3) is 0 Å². The van der Waals surface area contributed by atoms with E-state index in [1.807, 2.05) is 19.1 Å². The molecule has 0 saturated heterocycles. The lowest BCUT2D eigenvalue weighted by Gasteiger charge is -2.13. The second-order valence-corrected chi connectivity index (χ2v) is 5.87. The highest BCUT2D eigenvalue weighted by molar-refractivity contribution is 6.31. The molecule has 2 aromatic rings. The van der Waals surface area contributed by atoms with E-state index in [0.717, 1.165) is 11.3 Å². The third-order valence-electron chi connectivity index (χ3n) is 3.42. The number of carbonyl (C=O) groups is 2. The van der Waals surface area contributed by atoms with E-state index in [9.17, 15) is 9.59 Å². The van der Waals surface area contributed by atoms with Crippen LogP contribution < -0.4 is 20.7 Å². The minimum Gasteiger partial charge on any atom is -0.495 e. The number of ether oxygens (including phenoxy) is 1. The van der Waals surface area contributed by atoms with E-state index >= 15 is 0 Å². The van der Waals surface area contributed by atoms with Crippen molar-refractivity contribution in [1.29, 1.82) is 0 Å². The van der Waals surface area contributed by atoms with Crippen LogP contribution in [0.4, 0.5) is 17.1 Å². The molecule has 0 bridgehead atoms. The maximum atomic E-state index is 12.2. The summed E-state index contributed by atoms with van der Waals surface area (Å²) >= 11 is 6.07. The van der Waals surface area contributed by atoms with Crippen LogP contribution in [-0.4, -0.2) is 25.5 Å². The van der Waals surface area contributed by atoms with Crippen molar-refractivity contribution in [1.82, 2.24) is 0 Å². The molecule has 0 aliphatic rings. The molecule has 25 heavy (non-hydrogen) atoms. The molecule has 0 spiro atoms. The van der Waals surface area contributed by atoms with Gasteiger partial charge >= 0.3 is 0 Å². The van der Waals surface area contributed by atoms with Crippen molar-refractivity contribution in [2.45, 2.75) is 13.8 Å². The van der Waals surface area contributed by atoms with Crippen molar-refractivity contribution in [2.75, 3.05) is 29.6 Å². The Morgan fingerprint density at radius 1 is 1.08 bits per heavy atom. The summed E-state index contributed by atoms with van der Waals surface area (Å²) in [5.41, 5.74) is 2.77. The lowest BCUT2D eigenvalue weighted by molar-refractivity contribution is -0.115. The van der Waals surface area contributed by atoms with Crippen molar-refractivity contribution < 1.29 is 14.3 Å². The van der Waals surface area contributed by atoms with Crippen molar-refractivity contribution >= 4 is 40.5 Å². The number of halogens is 1. The number of anilines is 3. The number of methoxy groups -OCH3 is 1. The smallest absolute Gasteiger partial charge is 0.243 e. The summed E-state index contributed by atoms with van der Waals surface area (Å²) in [4.78, 5) is 23.4. The standard InChI is InChI=1S/C18H20ClN3O3/c1-11-4-5-13(8-15(11)19)20-10-18(24)22-16-9-14(21-12(2)23)6-7-17(16)25-3/h4-9,20H,10H2,1-3H3,(H,21,23)(H,22,24). The van der Waals surface area contributed by atoms with Crippen LogP contribution in [-0.2, 0) is 9.59 Å². The number of nitrogens with one attached hydrogen (secondary N) is 3. The minimum absolute atomic E-state index is 0.0624. The highest BCUT2D eigenvalue weighted by atomic mass is 35.5. The number of hydrogen-bond donors (Lipinski definition) is 3. The molecule has 0 atom stereocenters. The predicted molar refractivity (Wildman–Crippen MR) is 101 cm³/mol. The zero-order valence-electron chi connectivity index (χ0n) is 14.3. The van der Waals surface area contributed by atoms with Gasteiger partial charge in [0, 0.05) is 23.3 Å². The Labute approximate surface area is 151 Å². The predicted octanol–water partition coefficient (Wildman–Crippen LogP) is 3.67. The molecule has 3 N–H and O–H groups in total. The summed E-state index contributed by atoms with van der Waals surface area (Å²) in [6.07, 6.45) is 0. The van der Waals surface area contributed by atoms with Crippen molar-refractivity contribution in [2.24, 2.45) is 0 Å². The molecule has 0 saturated carbocycles. The van der Waals surface area contributed by atoms with Crippen molar-refractivity contribution in [3.63, 3.8) is 0 Å². The fourth-order valence-corrected chi connectivity index (χ4v) is 2.35. The zero-order chi connectivity index (χ0) is 18.4. The van der Waals surface area contributed by atoms with Gasteiger partial charge in [-0.1, -0.05) is 17.7 Å². The fraction of sp³-hybridized carbons (Fsp3) is 0.222. The third kappa shape index (κ3) is 5.39. The maximum absolute atomic E-state index is 12.2. The molecule has 0 aliphatic heterocycles. The normalized spacial score (nSPS) is 10.1. The molecule has 2 amide bonds. The van der Waals surface area contributed by atoms with Gasteiger partial charge in [0.05, 0.1) is 19.3 Å². The quantitative estimate of drug-likeness (QED) is 0.733. The lowest BCUT2D eigenvalue weighted by Crippen LogP contribution is -2.22. The number of aryl methyl sites for hydroxylation is 1. The zero-order valence-corrected chi connectivity index (χ0v) is 15.0. The first kappa shape index (κ1) is 18.6. The Morgan fingerprint density at radius 2 is 1.80 bits per heavy atom. The van der Waals surface area contributed by atoms with Crippen LogP contribution >= 0.6 is 11.6 Å². The highest BCUT2D eigenvalue weighted by Crippen LogP contribution is 2.28. The molecule has 6 nitrogen and oxygen atoms in total. The van der Waals surface area contributed by atoms with Gasteiger partial charge in [0.2, 0.25) is 11.8 Å². The van der Waals surface area contributed by atoms with Crippen LogP contribution in [0.2, 0.25) is 5.02 Å². The summed E-state index contributed by atoms with van der Waals surface area (Å²) in [5.74, 6) is 0.0520. The van der Waals surface area contributed by atoms with E-state index in [-0.39, 0.29) is 18.4 Å².